The van der Waals surface area contributed by atoms with Gasteiger partial charge in [-0.25, -0.2) is 4.79 Å². The molecule has 4 heteroatoms. The molecule has 0 atom stereocenters. The zero-order chi connectivity index (χ0) is 12.7. The van der Waals surface area contributed by atoms with Crippen LogP contribution >= 0.6 is 0 Å². The number of hydrogen-bond acceptors (Lipinski definition) is 4. The zero-order valence-electron chi connectivity index (χ0n) is 10.4. The third-order valence-electron chi connectivity index (χ3n) is 2.46. The third kappa shape index (κ3) is 3.66. The Morgan fingerprint density at radius 1 is 1.35 bits per heavy atom. The quantitative estimate of drug-likeness (QED) is 0.469. The Hall–Kier alpha value is -1.71. The fourth-order valence-corrected chi connectivity index (χ4v) is 1.53. The minimum absolute atomic E-state index is 0.312. The van der Waals surface area contributed by atoms with E-state index in [0.29, 0.717) is 23.6 Å². The average Bonchev–Trinajstić information content (AvgIpc) is 2.34. The maximum Gasteiger partial charge on any atom is 0.344 e. The molecule has 1 aromatic rings. The number of esters is 1. The molecular weight excluding hydrogens is 218 g/mol. The molecule has 0 aliphatic carbocycles. The van der Waals surface area contributed by atoms with Crippen molar-refractivity contribution in [1.29, 1.82) is 0 Å². The maximum absolute atomic E-state index is 11.8. The highest BCUT2D eigenvalue weighted by atomic mass is 16.5. The summed E-state index contributed by atoms with van der Waals surface area (Å²) in [7, 11) is 1.50. The van der Waals surface area contributed by atoms with Crippen molar-refractivity contribution in [3.05, 3.63) is 23.8 Å². The first-order valence-corrected chi connectivity index (χ1v) is 5.80. The molecule has 0 saturated heterocycles. The van der Waals surface area contributed by atoms with E-state index in [0.717, 1.165) is 19.3 Å². The van der Waals surface area contributed by atoms with E-state index in [1.165, 1.54) is 7.11 Å². The fraction of sp³-hybridized carbons (Fsp3) is 0.462. The minimum Gasteiger partial charge on any atom is -0.496 e. The first-order chi connectivity index (χ1) is 8.20. The van der Waals surface area contributed by atoms with Crippen molar-refractivity contribution >= 4 is 11.7 Å². The Morgan fingerprint density at radius 3 is 2.76 bits per heavy atom. The molecule has 0 spiro atoms. The zero-order valence-corrected chi connectivity index (χ0v) is 10.4. The number of methoxy groups -OCH3 is 1. The molecule has 0 radical (unpaired) electrons. The molecule has 1 aromatic carbocycles. The van der Waals surface area contributed by atoms with Gasteiger partial charge < -0.3 is 15.2 Å². The van der Waals surface area contributed by atoms with Crippen molar-refractivity contribution in [3.63, 3.8) is 0 Å². The van der Waals surface area contributed by atoms with Gasteiger partial charge >= 0.3 is 5.97 Å². The minimum atomic E-state index is -0.420. The molecule has 0 aliphatic heterocycles. The number of nitrogen functional groups attached to an aromatic ring is 1. The predicted molar refractivity (Wildman–Crippen MR) is 67.2 cm³/mol. The number of anilines is 1. The SMILES string of the molecule is CCCCCOC(=O)c1c(N)cccc1OC. The molecule has 0 saturated carbocycles. The predicted octanol–water partition coefficient (Wildman–Crippen LogP) is 2.62. The highest BCUT2D eigenvalue weighted by Gasteiger charge is 2.16. The van der Waals surface area contributed by atoms with Crippen LogP contribution in [0.5, 0.6) is 5.75 Å². The molecular formula is C13H19NO3. The number of unbranched alkanes of at least 4 members (excludes halogenated alkanes) is 2. The van der Waals surface area contributed by atoms with Crippen LogP contribution in [0, 0.1) is 0 Å². The van der Waals surface area contributed by atoms with Gasteiger partial charge in [0.05, 0.1) is 13.7 Å². The molecule has 0 unspecified atom stereocenters. The summed E-state index contributed by atoms with van der Waals surface area (Å²) >= 11 is 0. The Kier molecular flexibility index (Phi) is 5.33. The van der Waals surface area contributed by atoms with Crippen LogP contribution < -0.4 is 10.5 Å². The van der Waals surface area contributed by atoms with Crippen LogP contribution in [0.4, 0.5) is 5.69 Å². The van der Waals surface area contributed by atoms with Crippen molar-refractivity contribution in [2.75, 3.05) is 19.5 Å². The smallest absolute Gasteiger partial charge is 0.344 e. The van der Waals surface area contributed by atoms with E-state index in [1.807, 2.05) is 0 Å². The summed E-state index contributed by atoms with van der Waals surface area (Å²) in [5, 5.41) is 0. The molecule has 4 nitrogen and oxygen atoms in total. The second-order valence-electron chi connectivity index (χ2n) is 3.77. The van der Waals surface area contributed by atoms with Gasteiger partial charge in [-0.05, 0) is 18.6 Å². The number of hydrogen-bond donors (Lipinski definition) is 1. The maximum atomic E-state index is 11.8. The molecule has 1 rings (SSSR count). The molecule has 94 valence electrons. The lowest BCUT2D eigenvalue weighted by atomic mass is 10.1. The van der Waals surface area contributed by atoms with E-state index in [-0.39, 0.29) is 0 Å². The Labute approximate surface area is 102 Å². The van der Waals surface area contributed by atoms with E-state index in [1.54, 1.807) is 18.2 Å². The number of carbonyl (C=O) groups excluding carboxylic acids is 1. The van der Waals surface area contributed by atoms with Gasteiger partial charge in [-0.2, -0.15) is 0 Å². The van der Waals surface area contributed by atoms with Crippen molar-refractivity contribution in [1.82, 2.24) is 0 Å². The van der Waals surface area contributed by atoms with Crippen LogP contribution in [-0.4, -0.2) is 19.7 Å². The molecule has 17 heavy (non-hydrogen) atoms. The van der Waals surface area contributed by atoms with Crippen LogP contribution in [0.15, 0.2) is 18.2 Å². The van der Waals surface area contributed by atoms with Crippen LogP contribution in [0.25, 0.3) is 0 Å². The first-order valence-electron chi connectivity index (χ1n) is 5.80. The normalized spacial score (nSPS) is 10.0. The fourth-order valence-electron chi connectivity index (χ4n) is 1.53. The van der Waals surface area contributed by atoms with Crippen LogP contribution in [0.1, 0.15) is 36.5 Å². The summed E-state index contributed by atoms with van der Waals surface area (Å²) in [6, 6.07) is 5.09. The van der Waals surface area contributed by atoms with Gasteiger partial charge in [0.15, 0.2) is 0 Å². The van der Waals surface area contributed by atoms with Crippen molar-refractivity contribution < 1.29 is 14.3 Å². The summed E-state index contributed by atoms with van der Waals surface area (Å²) < 4.78 is 10.2. The van der Waals surface area contributed by atoms with Crippen molar-refractivity contribution in [2.45, 2.75) is 26.2 Å². The Morgan fingerprint density at radius 2 is 2.12 bits per heavy atom. The van der Waals surface area contributed by atoms with Gasteiger partial charge in [0, 0.05) is 5.69 Å². The van der Waals surface area contributed by atoms with Crippen LogP contribution in [0.2, 0.25) is 0 Å². The van der Waals surface area contributed by atoms with E-state index < -0.39 is 5.97 Å². The second kappa shape index (κ2) is 6.78. The lowest BCUT2D eigenvalue weighted by Crippen LogP contribution is -2.11. The highest BCUT2D eigenvalue weighted by molar-refractivity contribution is 5.98. The number of benzene rings is 1. The van der Waals surface area contributed by atoms with E-state index in [9.17, 15) is 4.79 Å². The van der Waals surface area contributed by atoms with Crippen molar-refractivity contribution in [2.24, 2.45) is 0 Å². The van der Waals surface area contributed by atoms with E-state index in [2.05, 4.69) is 6.92 Å². The first kappa shape index (κ1) is 13.4. The number of ether oxygens (including phenoxy) is 2. The summed E-state index contributed by atoms with van der Waals surface area (Å²) in [6.07, 6.45) is 3.01. The molecule has 0 amide bonds. The standard InChI is InChI=1S/C13H19NO3/c1-3-4-5-9-17-13(15)12-10(14)7-6-8-11(12)16-2/h6-8H,3-5,9,14H2,1-2H3. The molecule has 0 aliphatic rings. The number of carbonyl (C=O) groups is 1. The monoisotopic (exact) mass is 237 g/mol. The summed E-state index contributed by atoms with van der Waals surface area (Å²) in [6.45, 7) is 2.52. The number of nitrogens with two attached hydrogens (primary N) is 1. The van der Waals surface area contributed by atoms with Gasteiger partial charge in [0.2, 0.25) is 0 Å². The summed E-state index contributed by atoms with van der Waals surface area (Å²) in [4.78, 5) is 11.8. The van der Waals surface area contributed by atoms with Gasteiger partial charge in [-0.1, -0.05) is 25.8 Å². The van der Waals surface area contributed by atoms with Gasteiger partial charge in [-0.3, -0.25) is 0 Å². The third-order valence-corrected chi connectivity index (χ3v) is 2.46. The lowest BCUT2D eigenvalue weighted by molar-refractivity contribution is 0.0496. The largest absolute Gasteiger partial charge is 0.496 e. The molecule has 0 fully saturated rings. The van der Waals surface area contributed by atoms with Gasteiger partial charge in [0.25, 0.3) is 0 Å². The average molecular weight is 237 g/mol. The van der Waals surface area contributed by atoms with E-state index >= 15 is 0 Å². The molecule has 2 N–H and O–H groups in total. The number of rotatable bonds is 6. The van der Waals surface area contributed by atoms with E-state index in [4.69, 9.17) is 15.2 Å². The Balaban J connectivity index is 2.68. The Bertz CT molecular complexity index is 377. The molecule has 0 bridgehead atoms. The lowest BCUT2D eigenvalue weighted by Gasteiger charge is -2.10. The molecule has 0 heterocycles. The summed E-state index contributed by atoms with van der Waals surface area (Å²) in [5.74, 6) is 0.0292. The molecule has 0 aromatic heterocycles. The van der Waals surface area contributed by atoms with Crippen LogP contribution in [-0.2, 0) is 4.74 Å². The summed E-state index contributed by atoms with van der Waals surface area (Å²) in [5.41, 5.74) is 6.44. The highest BCUT2D eigenvalue weighted by Crippen LogP contribution is 2.24. The topological polar surface area (TPSA) is 61.5 Å². The van der Waals surface area contributed by atoms with Gasteiger partial charge in [-0.15, -0.1) is 0 Å². The van der Waals surface area contributed by atoms with Gasteiger partial charge in [0.1, 0.15) is 11.3 Å². The van der Waals surface area contributed by atoms with Crippen LogP contribution in [0.3, 0.4) is 0 Å². The second-order valence-corrected chi connectivity index (χ2v) is 3.77. The van der Waals surface area contributed by atoms with Crippen molar-refractivity contribution in [3.8, 4) is 5.75 Å².